The Labute approximate surface area is 120 Å². The number of amides is 1. The molecule has 20 heavy (non-hydrogen) atoms. The minimum Gasteiger partial charge on any atom is -0.388 e. The van der Waals surface area contributed by atoms with Gasteiger partial charge in [-0.1, -0.05) is 26.0 Å². The Hall–Kier alpha value is -1.39. The summed E-state index contributed by atoms with van der Waals surface area (Å²) in [6.45, 7) is 5.18. The normalized spacial score (nSPS) is 15.6. The minimum absolute atomic E-state index is 0.00997. The first kappa shape index (κ1) is 15.0. The van der Waals surface area contributed by atoms with Crippen LogP contribution in [0.3, 0.4) is 0 Å². The summed E-state index contributed by atoms with van der Waals surface area (Å²) in [7, 11) is 0. The zero-order valence-electron chi connectivity index (χ0n) is 12.3. The van der Waals surface area contributed by atoms with Crippen LogP contribution in [0.1, 0.15) is 43.9 Å². The fourth-order valence-electron chi connectivity index (χ4n) is 2.65. The van der Waals surface area contributed by atoms with Crippen molar-refractivity contribution in [2.45, 2.75) is 39.2 Å². The Morgan fingerprint density at radius 2 is 2.20 bits per heavy atom. The number of carbonyl (C=O) groups is 1. The van der Waals surface area contributed by atoms with Crippen molar-refractivity contribution in [3.63, 3.8) is 0 Å². The molecule has 1 atom stereocenters. The van der Waals surface area contributed by atoms with Crippen molar-refractivity contribution in [3.8, 4) is 0 Å². The van der Waals surface area contributed by atoms with Gasteiger partial charge >= 0.3 is 0 Å². The van der Waals surface area contributed by atoms with Gasteiger partial charge in [0, 0.05) is 18.2 Å². The van der Waals surface area contributed by atoms with Crippen LogP contribution in [0.4, 0.5) is 5.69 Å². The van der Waals surface area contributed by atoms with Gasteiger partial charge < -0.3 is 15.7 Å². The summed E-state index contributed by atoms with van der Waals surface area (Å²) >= 11 is 0. The van der Waals surface area contributed by atoms with Crippen molar-refractivity contribution in [1.29, 1.82) is 0 Å². The monoisotopic (exact) mass is 276 g/mol. The molecule has 1 aliphatic rings. The number of hydrogen-bond donors (Lipinski definition) is 2. The van der Waals surface area contributed by atoms with E-state index in [1.54, 1.807) is 0 Å². The van der Waals surface area contributed by atoms with E-state index in [2.05, 4.69) is 0 Å². The molecular formula is C16H24N2O2. The van der Waals surface area contributed by atoms with Crippen molar-refractivity contribution >= 4 is 11.6 Å². The van der Waals surface area contributed by atoms with Crippen LogP contribution in [0.2, 0.25) is 0 Å². The first-order valence-corrected chi connectivity index (χ1v) is 7.37. The summed E-state index contributed by atoms with van der Waals surface area (Å²) in [6, 6.07) is 5.92. The Balaban J connectivity index is 2.16. The van der Waals surface area contributed by atoms with Crippen molar-refractivity contribution in [1.82, 2.24) is 0 Å². The summed E-state index contributed by atoms with van der Waals surface area (Å²) in [5, 5.41) is 10.1. The maximum Gasteiger partial charge on any atom is 0.229 e. The van der Waals surface area contributed by atoms with Crippen molar-refractivity contribution < 1.29 is 9.90 Å². The molecule has 0 saturated carbocycles. The highest BCUT2D eigenvalue weighted by Crippen LogP contribution is 2.32. The van der Waals surface area contributed by atoms with Gasteiger partial charge in [0.05, 0.1) is 6.10 Å². The van der Waals surface area contributed by atoms with Crippen LogP contribution >= 0.6 is 0 Å². The second-order valence-corrected chi connectivity index (χ2v) is 5.73. The summed E-state index contributed by atoms with van der Waals surface area (Å²) in [5.74, 6) is 0.177. The molecule has 4 nitrogen and oxygen atoms in total. The largest absolute Gasteiger partial charge is 0.388 e. The molecule has 0 saturated heterocycles. The lowest BCUT2D eigenvalue weighted by atomic mass is 10.0. The third-order valence-electron chi connectivity index (χ3n) is 3.83. The number of hydrogen-bond acceptors (Lipinski definition) is 3. The lowest BCUT2D eigenvalue weighted by Gasteiger charge is -2.20. The van der Waals surface area contributed by atoms with E-state index in [1.165, 1.54) is 0 Å². The van der Waals surface area contributed by atoms with Crippen LogP contribution in [0.5, 0.6) is 0 Å². The molecular weight excluding hydrogens is 252 g/mol. The molecule has 0 spiro atoms. The highest BCUT2D eigenvalue weighted by Gasteiger charge is 2.26. The van der Waals surface area contributed by atoms with Gasteiger partial charge in [0.1, 0.15) is 0 Å². The van der Waals surface area contributed by atoms with E-state index in [1.807, 2.05) is 36.9 Å². The van der Waals surface area contributed by atoms with Crippen LogP contribution in [0, 0.1) is 5.92 Å². The molecule has 4 heteroatoms. The summed E-state index contributed by atoms with van der Waals surface area (Å²) < 4.78 is 0. The first-order chi connectivity index (χ1) is 9.54. The van der Waals surface area contributed by atoms with Crippen molar-refractivity contribution in [3.05, 3.63) is 29.3 Å². The maximum absolute atomic E-state index is 12.1. The van der Waals surface area contributed by atoms with Gasteiger partial charge in [-0.3, -0.25) is 4.79 Å². The predicted octanol–water partition coefficient (Wildman–Crippen LogP) is 2.00. The smallest absolute Gasteiger partial charge is 0.229 e. The zero-order chi connectivity index (χ0) is 14.7. The van der Waals surface area contributed by atoms with Crippen LogP contribution < -0.4 is 10.6 Å². The molecule has 110 valence electrons. The van der Waals surface area contributed by atoms with Crippen molar-refractivity contribution in [2.75, 3.05) is 18.0 Å². The van der Waals surface area contributed by atoms with E-state index < -0.39 is 6.10 Å². The lowest BCUT2D eigenvalue weighted by Crippen LogP contribution is -2.32. The van der Waals surface area contributed by atoms with Crippen LogP contribution in [0.15, 0.2) is 18.2 Å². The van der Waals surface area contributed by atoms with Gasteiger partial charge in [0.15, 0.2) is 0 Å². The fourth-order valence-corrected chi connectivity index (χ4v) is 2.65. The molecule has 0 radical (unpaired) electrons. The van der Waals surface area contributed by atoms with Gasteiger partial charge in [0.2, 0.25) is 5.91 Å². The Bertz CT molecular complexity index is 485. The SMILES string of the molecule is CC(C)C(=O)N1CCc2cc(C(O)CCCN)ccc21. The maximum atomic E-state index is 12.1. The van der Waals surface area contributed by atoms with Gasteiger partial charge in [-0.05, 0) is 43.0 Å². The minimum atomic E-state index is -0.460. The molecule has 0 aromatic heterocycles. The highest BCUT2D eigenvalue weighted by molar-refractivity contribution is 5.96. The number of rotatable bonds is 5. The molecule has 1 unspecified atom stereocenters. The molecule has 1 amide bonds. The zero-order valence-corrected chi connectivity index (χ0v) is 12.3. The van der Waals surface area contributed by atoms with Gasteiger partial charge in [-0.2, -0.15) is 0 Å². The number of aliphatic hydroxyl groups excluding tert-OH is 1. The number of anilines is 1. The van der Waals surface area contributed by atoms with Gasteiger partial charge in [-0.25, -0.2) is 0 Å². The summed E-state index contributed by atoms with van der Waals surface area (Å²) in [5.41, 5.74) is 8.55. The fraction of sp³-hybridized carbons (Fsp3) is 0.562. The number of fused-ring (bicyclic) bond motifs is 1. The molecule has 2 rings (SSSR count). The third kappa shape index (κ3) is 3.02. The van der Waals surface area contributed by atoms with E-state index in [0.717, 1.165) is 36.2 Å². The average Bonchev–Trinajstić information content (AvgIpc) is 2.86. The molecule has 3 N–H and O–H groups in total. The molecule has 1 aliphatic heterocycles. The number of nitrogens with two attached hydrogens (primary N) is 1. The number of carbonyl (C=O) groups excluding carboxylic acids is 1. The molecule has 1 aromatic carbocycles. The standard InChI is InChI=1S/C16H24N2O2/c1-11(2)16(20)18-9-7-12-10-13(5-6-14(12)18)15(19)4-3-8-17/h5-6,10-11,15,19H,3-4,7-9,17H2,1-2H3. The first-order valence-electron chi connectivity index (χ1n) is 7.37. The highest BCUT2D eigenvalue weighted by atomic mass is 16.3. The Kier molecular flexibility index (Phi) is 4.78. The molecule has 0 fully saturated rings. The molecule has 0 bridgehead atoms. The molecule has 1 aromatic rings. The van der Waals surface area contributed by atoms with Crippen LogP contribution in [-0.2, 0) is 11.2 Å². The predicted molar refractivity (Wildman–Crippen MR) is 80.6 cm³/mol. The second-order valence-electron chi connectivity index (χ2n) is 5.73. The van der Waals surface area contributed by atoms with Crippen molar-refractivity contribution in [2.24, 2.45) is 11.7 Å². The second kappa shape index (κ2) is 6.37. The van der Waals surface area contributed by atoms with E-state index in [9.17, 15) is 9.90 Å². The van der Waals surface area contributed by atoms with E-state index >= 15 is 0 Å². The van der Waals surface area contributed by atoms with Crippen LogP contribution in [-0.4, -0.2) is 24.1 Å². The average molecular weight is 276 g/mol. The van der Waals surface area contributed by atoms with E-state index in [-0.39, 0.29) is 11.8 Å². The van der Waals surface area contributed by atoms with E-state index in [0.29, 0.717) is 13.0 Å². The van der Waals surface area contributed by atoms with Gasteiger partial charge in [0.25, 0.3) is 0 Å². The number of nitrogens with zero attached hydrogens (tertiary/aromatic N) is 1. The van der Waals surface area contributed by atoms with Crippen LogP contribution in [0.25, 0.3) is 0 Å². The molecule has 0 aliphatic carbocycles. The molecule has 1 heterocycles. The third-order valence-corrected chi connectivity index (χ3v) is 3.83. The Morgan fingerprint density at radius 3 is 2.85 bits per heavy atom. The van der Waals surface area contributed by atoms with E-state index in [4.69, 9.17) is 5.73 Å². The summed E-state index contributed by atoms with van der Waals surface area (Å²) in [6.07, 6.45) is 1.91. The van der Waals surface area contributed by atoms with Gasteiger partial charge in [-0.15, -0.1) is 0 Å². The summed E-state index contributed by atoms with van der Waals surface area (Å²) in [4.78, 5) is 14.0. The number of benzene rings is 1. The topological polar surface area (TPSA) is 66.6 Å². The lowest BCUT2D eigenvalue weighted by molar-refractivity contribution is -0.121. The number of aliphatic hydroxyl groups is 1. The quantitative estimate of drug-likeness (QED) is 0.864. The Morgan fingerprint density at radius 1 is 1.45 bits per heavy atom.